The van der Waals surface area contributed by atoms with Crippen molar-refractivity contribution in [1.29, 1.82) is 5.26 Å². The lowest BCUT2D eigenvalue weighted by molar-refractivity contribution is -0.133. The number of amides is 2. The van der Waals surface area contributed by atoms with Gasteiger partial charge in [-0.15, -0.1) is 11.3 Å². The molecule has 34 heavy (non-hydrogen) atoms. The Morgan fingerprint density at radius 2 is 2.21 bits per heavy atom. The van der Waals surface area contributed by atoms with E-state index in [0.717, 1.165) is 5.69 Å². The van der Waals surface area contributed by atoms with E-state index >= 15 is 0 Å². The molecule has 1 N–H and O–H groups in total. The average Bonchev–Trinajstić information content (AvgIpc) is 3.04. The van der Waals surface area contributed by atoms with Crippen LogP contribution in [-0.2, 0) is 20.7 Å². The van der Waals surface area contributed by atoms with Crippen LogP contribution < -0.4 is 5.32 Å². The van der Waals surface area contributed by atoms with Gasteiger partial charge in [-0.2, -0.15) is 5.26 Å². The summed E-state index contributed by atoms with van der Waals surface area (Å²) in [7, 11) is 0. The maximum absolute atomic E-state index is 14.7. The van der Waals surface area contributed by atoms with Crippen molar-refractivity contribution in [1.82, 2.24) is 15.2 Å². The number of hydrogen-bond donors (Lipinski definition) is 1. The van der Waals surface area contributed by atoms with Crippen molar-refractivity contribution in [3.8, 4) is 16.6 Å². The van der Waals surface area contributed by atoms with E-state index in [-0.39, 0.29) is 13.0 Å². The van der Waals surface area contributed by atoms with Gasteiger partial charge in [-0.25, -0.2) is 14.2 Å². The molecular weight excluding hydrogens is 459 g/mol. The Balaban J connectivity index is 1.63. The number of ether oxygens (including phenoxy) is 2. The Hall–Kier alpha value is -3.03. The quantitative estimate of drug-likeness (QED) is 0.686. The number of halogens is 1. The molecule has 0 bridgehead atoms. The van der Waals surface area contributed by atoms with E-state index in [1.807, 2.05) is 18.4 Å². The summed E-state index contributed by atoms with van der Waals surface area (Å²) in [5.74, 6) is -1.00. The van der Waals surface area contributed by atoms with E-state index in [2.05, 4.69) is 10.3 Å². The molecule has 2 aromatic rings. The number of nitrogens with one attached hydrogen (secondary N) is 1. The molecular formula is C24H29FN4O4S. The SMILES string of the molecule is Cc1csc(-c2ccc(C[C@@H](C#N)NC(=O)[C@@H]3CN(C(=O)OC(C)(C)C)CCCO3)c(F)c2)n1. The fourth-order valence-corrected chi connectivity index (χ4v) is 4.22. The van der Waals surface area contributed by atoms with Crippen molar-refractivity contribution in [3.63, 3.8) is 0 Å². The predicted octanol–water partition coefficient (Wildman–Crippen LogP) is 3.83. The molecule has 2 amide bonds. The number of carbonyl (C=O) groups excluding carboxylic acids is 2. The van der Waals surface area contributed by atoms with Crippen LogP contribution in [0.15, 0.2) is 23.6 Å². The van der Waals surface area contributed by atoms with Crippen LogP contribution in [0.2, 0.25) is 0 Å². The van der Waals surface area contributed by atoms with Crippen LogP contribution >= 0.6 is 11.3 Å². The van der Waals surface area contributed by atoms with E-state index in [4.69, 9.17) is 9.47 Å². The Morgan fingerprint density at radius 3 is 2.82 bits per heavy atom. The van der Waals surface area contributed by atoms with Crippen molar-refractivity contribution in [2.45, 2.75) is 58.3 Å². The molecule has 0 aliphatic carbocycles. The molecule has 0 radical (unpaired) electrons. The van der Waals surface area contributed by atoms with E-state index in [1.54, 1.807) is 32.9 Å². The summed E-state index contributed by atoms with van der Waals surface area (Å²) >= 11 is 1.43. The van der Waals surface area contributed by atoms with Gasteiger partial charge in [0.1, 0.15) is 22.5 Å². The lowest BCUT2D eigenvalue weighted by atomic mass is 10.0. The molecule has 182 valence electrons. The van der Waals surface area contributed by atoms with E-state index in [9.17, 15) is 19.2 Å². The summed E-state index contributed by atoms with van der Waals surface area (Å²) < 4.78 is 25.7. The first-order valence-electron chi connectivity index (χ1n) is 11.1. The number of aryl methyl sites for hydroxylation is 1. The summed E-state index contributed by atoms with van der Waals surface area (Å²) in [6, 6.07) is 5.78. The molecule has 1 aliphatic heterocycles. The molecule has 8 nitrogen and oxygen atoms in total. The largest absolute Gasteiger partial charge is 0.444 e. The second-order valence-corrected chi connectivity index (χ2v) is 9.99. The monoisotopic (exact) mass is 488 g/mol. The first-order valence-corrected chi connectivity index (χ1v) is 11.9. The minimum atomic E-state index is -0.961. The van der Waals surface area contributed by atoms with Gasteiger partial charge in [0, 0.05) is 36.2 Å². The Kier molecular flexibility index (Phi) is 8.23. The van der Waals surface area contributed by atoms with Gasteiger partial charge in [0.05, 0.1) is 12.6 Å². The number of benzene rings is 1. The fourth-order valence-electron chi connectivity index (χ4n) is 3.42. The van der Waals surface area contributed by atoms with Gasteiger partial charge < -0.3 is 19.7 Å². The zero-order valence-corrected chi connectivity index (χ0v) is 20.6. The van der Waals surface area contributed by atoms with Gasteiger partial charge >= 0.3 is 6.09 Å². The van der Waals surface area contributed by atoms with Gasteiger partial charge in [-0.1, -0.05) is 12.1 Å². The molecule has 0 unspecified atom stereocenters. The molecule has 0 saturated carbocycles. The van der Waals surface area contributed by atoms with Crippen molar-refractivity contribution in [2.24, 2.45) is 0 Å². The molecule has 1 fully saturated rings. The molecule has 1 saturated heterocycles. The number of nitrogens with zero attached hydrogens (tertiary/aromatic N) is 3. The summed E-state index contributed by atoms with van der Waals surface area (Å²) in [4.78, 5) is 31.1. The molecule has 1 aromatic carbocycles. The van der Waals surface area contributed by atoms with Crippen LogP contribution in [0.5, 0.6) is 0 Å². The maximum atomic E-state index is 14.7. The first kappa shape index (κ1) is 25.6. The van der Waals surface area contributed by atoms with Crippen LogP contribution in [0, 0.1) is 24.1 Å². The van der Waals surface area contributed by atoms with Gasteiger partial charge in [0.15, 0.2) is 6.10 Å². The van der Waals surface area contributed by atoms with Crippen molar-refractivity contribution < 1.29 is 23.5 Å². The number of thiazole rings is 1. The van der Waals surface area contributed by atoms with Gasteiger partial charge in [-0.3, -0.25) is 4.79 Å². The smallest absolute Gasteiger partial charge is 0.410 e. The summed E-state index contributed by atoms with van der Waals surface area (Å²) in [5.41, 5.74) is 1.17. The average molecular weight is 489 g/mol. The lowest BCUT2D eigenvalue weighted by Crippen LogP contribution is -2.48. The number of rotatable bonds is 5. The Labute approximate surface area is 202 Å². The highest BCUT2D eigenvalue weighted by atomic mass is 32.1. The number of aromatic nitrogens is 1. The molecule has 1 aromatic heterocycles. The first-order chi connectivity index (χ1) is 16.1. The minimum Gasteiger partial charge on any atom is -0.444 e. The number of nitriles is 1. The maximum Gasteiger partial charge on any atom is 0.410 e. The molecule has 0 spiro atoms. The minimum absolute atomic E-state index is 0.00620. The van der Waals surface area contributed by atoms with Crippen LogP contribution in [0.4, 0.5) is 9.18 Å². The molecule has 1 aliphatic rings. The van der Waals surface area contributed by atoms with Crippen molar-refractivity contribution >= 4 is 23.3 Å². The molecule has 2 heterocycles. The third-order valence-corrected chi connectivity index (χ3v) is 6.05. The third-order valence-electron chi connectivity index (χ3n) is 5.04. The third kappa shape index (κ3) is 6.98. The highest BCUT2D eigenvalue weighted by Gasteiger charge is 2.31. The van der Waals surface area contributed by atoms with Crippen LogP contribution in [0.3, 0.4) is 0 Å². The zero-order chi connectivity index (χ0) is 24.9. The number of hydrogen-bond acceptors (Lipinski definition) is 7. The Bertz CT molecular complexity index is 1080. The van der Waals surface area contributed by atoms with Crippen molar-refractivity contribution in [3.05, 3.63) is 40.7 Å². The second-order valence-electron chi connectivity index (χ2n) is 9.13. The van der Waals surface area contributed by atoms with Gasteiger partial charge in [0.2, 0.25) is 0 Å². The highest BCUT2D eigenvalue weighted by Crippen LogP contribution is 2.26. The molecule has 10 heteroatoms. The van der Waals surface area contributed by atoms with Gasteiger partial charge in [-0.05, 0) is 45.7 Å². The topological polar surface area (TPSA) is 105 Å². The highest BCUT2D eigenvalue weighted by molar-refractivity contribution is 7.13. The van der Waals surface area contributed by atoms with Crippen LogP contribution in [0.1, 0.15) is 38.4 Å². The molecule has 2 atom stereocenters. The van der Waals surface area contributed by atoms with E-state index < -0.39 is 35.6 Å². The standard InChI is InChI=1S/C24H29FN4O4S/c1-15-14-34-22(27-15)17-7-6-16(19(25)11-17)10-18(12-26)28-21(30)20-13-29(8-5-9-32-20)23(31)33-24(2,3)4/h6-7,11,14,18,20H,5,8-10,13H2,1-4H3,(H,28,30)/t18-,20-/m0/s1. The van der Waals surface area contributed by atoms with Gasteiger partial charge in [0.25, 0.3) is 5.91 Å². The molecule has 3 rings (SSSR count). The van der Waals surface area contributed by atoms with E-state index in [1.165, 1.54) is 22.3 Å². The fraction of sp³-hybridized carbons (Fsp3) is 0.500. The van der Waals surface area contributed by atoms with Crippen LogP contribution in [0.25, 0.3) is 10.6 Å². The van der Waals surface area contributed by atoms with E-state index in [0.29, 0.717) is 35.7 Å². The zero-order valence-electron chi connectivity index (χ0n) is 19.8. The van der Waals surface area contributed by atoms with Crippen molar-refractivity contribution in [2.75, 3.05) is 19.7 Å². The second kappa shape index (κ2) is 10.9. The Morgan fingerprint density at radius 1 is 1.44 bits per heavy atom. The normalized spacial score (nSPS) is 17.4. The summed E-state index contributed by atoms with van der Waals surface area (Å²) in [6.07, 6.45) is -0.925. The predicted molar refractivity (Wildman–Crippen MR) is 126 cm³/mol. The lowest BCUT2D eigenvalue weighted by Gasteiger charge is -2.27. The van der Waals surface area contributed by atoms with Crippen LogP contribution in [-0.4, -0.2) is 59.3 Å². The number of carbonyl (C=O) groups is 2. The summed E-state index contributed by atoms with van der Waals surface area (Å²) in [6.45, 7) is 7.88. The summed E-state index contributed by atoms with van der Waals surface area (Å²) in [5, 5.41) is 14.8.